The fourth-order valence-corrected chi connectivity index (χ4v) is 7.10. The van der Waals surface area contributed by atoms with Crippen molar-refractivity contribution in [2.24, 2.45) is 5.92 Å². The number of likely N-dealkylation sites (tertiary alicyclic amines) is 1. The Balaban J connectivity index is 0.954. The molecule has 2 saturated heterocycles. The molecule has 11 nitrogen and oxygen atoms in total. The van der Waals surface area contributed by atoms with Crippen molar-refractivity contribution in [3.63, 3.8) is 0 Å². The fourth-order valence-electron chi connectivity index (χ4n) is 7.10. The molecule has 0 spiro atoms. The molecule has 3 aromatic carbocycles. The summed E-state index contributed by atoms with van der Waals surface area (Å²) in [7, 11) is 0. The van der Waals surface area contributed by atoms with Gasteiger partial charge in [-0.2, -0.15) is 0 Å². The van der Waals surface area contributed by atoms with Crippen LogP contribution in [-0.2, 0) is 20.9 Å². The molecule has 4 amide bonds. The predicted molar refractivity (Wildman–Crippen MR) is 198 cm³/mol. The lowest BCUT2D eigenvalue weighted by Crippen LogP contribution is -2.47. The van der Waals surface area contributed by atoms with E-state index >= 15 is 0 Å². The quantitative estimate of drug-likeness (QED) is 0.194. The molecule has 272 valence electrons. The van der Waals surface area contributed by atoms with Crippen molar-refractivity contribution in [2.75, 3.05) is 41.7 Å². The minimum Gasteiger partial charge on any atom is -0.490 e. The van der Waals surface area contributed by atoms with Crippen LogP contribution >= 0.6 is 0 Å². The van der Waals surface area contributed by atoms with E-state index in [1.54, 1.807) is 0 Å². The Kier molecular flexibility index (Phi) is 11.7. The second kappa shape index (κ2) is 16.5. The lowest BCUT2D eigenvalue weighted by atomic mass is 10.1. The normalized spacial score (nSPS) is 20.6. The Bertz CT molecular complexity index is 1600. The van der Waals surface area contributed by atoms with E-state index in [4.69, 9.17) is 14.2 Å². The van der Waals surface area contributed by atoms with Crippen molar-refractivity contribution in [1.82, 2.24) is 10.2 Å². The van der Waals surface area contributed by atoms with Gasteiger partial charge in [0, 0.05) is 43.1 Å². The molecule has 1 unspecified atom stereocenters. The lowest BCUT2D eigenvalue weighted by molar-refractivity contribution is -0.125. The van der Waals surface area contributed by atoms with Crippen LogP contribution in [0.1, 0.15) is 64.9 Å². The van der Waals surface area contributed by atoms with Crippen LogP contribution in [0.3, 0.4) is 0 Å². The molecular formula is C40H51N5O6. The Hall–Kier alpha value is -4.77. The van der Waals surface area contributed by atoms with Crippen molar-refractivity contribution in [3.8, 4) is 5.75 Å². The average Bonchev–Trinajstić information content (AvgIpc) is 3.89. The largest absolute Gasteiger partial charge is 0.490 e. The van der Waals surface area contributed by atoms with Gasteiger partial charge in [-0.3, -0.25) is 9.69 Å². The number of nitrogens with zero attached hydrogens (tertiary/aromatic N) is 2. The molecule has 0 bridgehead atoms. The van der Waals surface area contributed by atoms with Gasteiger partial charge in [0.2, 0.25) is 5.91 Å². The van der Waals surface area contributed by atoms with Gasteiger partial charge in [0.1, 0.15) is 18.4 Å². The van der Waals surface area contributed by atoms with E-state index in [0.717, 1.165) is 49.4 Å². The summed E-state index contributed by atoms with van der Waals surface area (Å²) < 4.78 is 17.8. The molecular weight excluding hydrogens is 646 g/mol. The van der Waals surface area contributed by atoms with Crippen molar-refractivity contribution >= 4 is 35.1 Å². The summed E-state index contributed by atoms with van der Waals surface area (Å²) in [6, 6.07) is 23.8. The third-order valence-electron chi connectivity index (χ3n) is 9.58. The predicted octanol–water partition coefficient (Wildman–Crippen LogP) is 7.19. The second-order valence-corrected chi connectivity index (χ2v) is 14.8. The molecule has 11 heteroatoms. The van der Waals surface area contributed by atoms with Crippen LogP contribution in [0.5, 0.6) is 5.75 Å². The van der Waals surface area contributed by atoms with Gasteiger partial charge in [0.15, 0.2) is 0 Å². The molecule has 2 aliphatic heterocycles. The lowest BCUT2D eigenvalue weighted by Gasteiger charge is -2.25. The summed E-state index contributed by atoms with van der Waals surface area (Å²) in [5, 5.41) is 8.90. The van der Waals surface area contributed by atoms with Crippen molar-refractivity contribution in [3.05, 3.63) is 84.4 Å². The van der Waals surface area contributed by atoms with Gasteiger partial charge in [-0.05, 0) is 113 Å². The van der Waals surface area contributed by atoms with Gasteiger partial charge in [0.05, 0.1) is 24.4 Å². The standard InChI is InChI=1S/C40H51N5O6/c1-40(2,3)51-35-23-36(45(26-35)39(48)49-27-28-9-5-4-6-10-28)37(46)41-24-29-21-22-44(25-29)32-17-13-30(14-18-32)42-38(47)43-31-15-19-34(20-16-31)50-33-11-7-8-12-33/h4-6,9-10,13-20,29,33,35-36H,7-8,11-12,21-27H2,1-3H3,(H,41,46)(H2,42,43,47)/t29?,35-,36+/m1/s1. The number of ether oxygens (including phenoxy) is 3. The molecule has 3 N–H and O–H groups in total. The molecule has 1 saturated carbocycles. The van der Waals surface area contributed by atoms with Crippen LogP contribution in [0.25, 0.3) is 0 Å². The molecule has 3 aliphatic rings. The van der Waals surface area contributed by atoms with E-state index in [1.165, 1.54) is 17.7 Å². The highest BCUT2D eigenvalue weighted by molar-refractivity contribution is 5.99. The number of nitrogens with one attached hydrogen (secondary N) is 3. The third-order valence-corrected chi connectivity index (χ3v) is 9.58. The number of rotatable bonds is 11. The van der Waals surface area contributed by atoms with Crippen LogP contribution < -0.4 is 25.6 Å². The summed E-state index contributed by atoms with van der Waals surface area (Å²) in [6.45, 7) is 8.51. The monoisotopic (exact) mass is 697 g/mol. The van der Waals surface area contributed by atoms with Crippen molar-refractivity contribution in [2.45, 2.75) is 89.8 Å². The molecule has 3 aromatic rings. The maximum Gasteiger partial charge on any atom is 0.410 e. The van der Waals surface area contributed by atoms with Gasteiger partial charge in [-0.15, -0.1) is 0 Å². The van der Waals surface area contributed by atoms with Crippen LogP contribution in [0.4, 0.5) is 26.7 Å². The highest BCUT2D eigenvalue weighted by atomic mass is 16.6. The number of carbonyl (C=O) groups is 3. The topological polar surface area (TPSA) is 121 Å². The summed E-state index contributed by atoms with van der Waals surface area (Å²) >= 11 is 0. The zero-order chi connectivity index (χ0) is 35.8. The number of carbonyl (C=O) groups excluding carboxylic acids is 3. The average molecular weight is 698 g/mol. The van der Waals surface area contributed by atoms with Crippen LogP contribution in [0.2, 0.25) is 0 Å². The zero-order valence-electron chi connectivity index (χ0n) is 29.9. The van der Waals surface area contributed by atoms with E-state index < -0.39 is 17.7 Å². The SMILES string of the molecule is CC(C)(C)O[C@@H]1C[C@@H](C(=O)NCC2CCN(c3ccc(NC(=O)Nc4ccc(OC5CCCC5)cc4)cc3)C2)N(C(=O)OCc2ccccc2)C1. The molecule has 0 aromatic heterocycles. The van der Waals surface area contributed by atoms with E-state index in [9.17, 15) is 14.4 Å². The Labute approximate surface area is 301 Å². The first-order valence-corrected chi connectivity index (χ1v) is 18.2. The van der Waals surface area contributed by atoms with Crippen LogP contribution in [0.15, 0.2) is 78.9 Å². The summed E-state index contributed by atoms with van der Waals surface area (Å²) in [5.41, 5.74) is 2.92. The van der Waals surface area contributed by atoms with E-state index in [2.05, 4.69) is 20.9 Å². The molecule has 0 radical (unpaired) electrons. The molecule has 2 heterocycles. The number of hydrogen-bond acceptors (Lipinski definition) is 7. The van der Waals surface area contributed by atoms with Gasteiger partial charge >= 0.3 is 12.1 Å². The molecule has 1 aliphatic carbocycles. The Morgan fingerprint density at radius 1 is 0.804 bits per heavy atom. The number of hydrogen-bond donors (Lipinski definition) is 3. The van der Waals surface area contributed by atoms with Gasteiger partial charge in [0.25, 0.3) is 0 Å². The molecule has 51 heavy (non-hydrogen) atoms. The van der Waals surface area contributed by atoms with Gasteiger partial charge in [-0.1, -0.05) is 30.3 Å². The minimum atomic E-state index is -0.662. The molecule has 6 rings (SSSR count). The van der Waals surface area contributed by atoms with E-state index in [-0.39, 0.29) is 30.6 Å². The van der Waals surface area contributed by atoms with E-state index in [0.29, 0.717) is 37.0 Å². The Morgan fingerprint density at radius 2 is 1.47 bits per heavy atom. The maximum absolute atomic E-state index is 13.5. The summed E-state index contributed by atoms with van der Waals surface area (Å²) in [6.07, 6.45) is 5.50. The summed E-state index contributed by atoms with van der Waals surface area (Å²) in [4.78, 5) is 43.1. The number of anilines is 3. The van der Waals surface area contributed by atoms with E-state index in [1.807, 2.05) is 99.6 Å². The van der Waals surface area contributed by atoms with Crippen LogP contribution in [0, 0.1) is 5.92 Å². The van der Waals surface area contributed by atoms with Crippen molar-refractivity contribution < 1.29 is 28.6 Å². The number of amides is 4. The minimum absolute atomic E-state index is 0.141. The highest BCUT2D eigenvalue weighted by Crippen LogP contribution is 2.28. The first-order chi connectivity index (χ1) is 24.6. The fraction of sp³-hybridized carbons (Fsp3) is 0.475. The zero-order valence-corrected chi connectivity index (χ0v) is 29.9. The first kappa shape index (κ1) is 36.0. The maximum atomic E-state index is 13.5. The third kappa shape index (κ3) is 10.4. The molecule has 3 fully saturated rings. The van der Waals surface area contributed by atoms with Gasteiger partial charge in [-0.25, -0.2) is 9.59 Å². The highest BCUT2D eigenvalue weighted by Gasteiger charge is 2.42. The van der Waals surface area contributed by atoms with Crippen molar-refractivity contribution in [1.29, 1.82) is 0 Å². The summed E-state index contributed by atoms with van der Waals surface area (Å²) in [5.74, 6) is 0.896. The first-order valence-electron chi connectivity index (χ1n) is 18.2. The Morgan fingerprint density at radius 3 is 2.14 bits per heavy atom. The smallest absolute Gasteiger partial charge is 0.410 e. The van der Waals surface area contributed by atoms with Crippen LogP contribution in [-0.4, -0.2) is 73.0 Å². The van der Waals surface area contributed by atoms with Gasteiger partial charge < -0.3 is 35.1 Å². The number of benzene rings is 3. The molecule has 3 atom stereocenters. The second-order valence-electron chi connectivity index (χ2n) is 14.8. The number of urea groups is 1.